The van der Waals surface area contributed by atoms with Crippen LogP contribution in [0.2, 0.25) is 0 Å². The molecule has 0 aliphatic carbocycles. The van der Waals surface area contributed by atoms with Gasteiger partial charge < -0.3 is 32.3 Å². The van der Waals surface area contributed by atoms with Crippen molar-refractivity contribution < 1.29 is 19.8 Å². The maximum absolute atomic E-state index is 13.0. The van der Waals surface area contributed by atoms with Crippen molar-refractivity contribution in [2.45, 2.75) is 89.8 Å². The summed E-state index contributed by atoms with van der Waals surface area (Å²) in [6.45, 7) is 11.6. The molecule has 0 radical (unpaired) electrons. The Labute approximate surface area is 275 Å². The Morgan fingerprint density at radius 3 is 1.30 bits per heavy atom. The van der Waals surface area contributed by atoms with E-state index in [-0.39, 0.29) is 23.7 Å². The van der Waals surface area contributed by atoms with Crippen LogP contribution in [0.1, 0.15) is 51.7 Å². The highest BCUT2D eigenvalue weighted by atomic mass is 16.3. The highest BCUT2D eigenvalue weighted by Crippen LogP contribution is 2.14. The zero-order chi connectivity index (χ0) is 33.6. The van der Waals surface area contributed by atoms with E-state index in [2.05, 4.69) is 20.4 Å². The second kappa shape index (κ2) is 19.1. The first-order chi connectivity index (χ1) is 22.0. The van der Waals surface area contributed by atoms with E-state index in [0.29, 0.717) is 52.1 Å². The smallest absolute Gasteiger partial charge is 0.237 e. The Bertz CT molecular complexity index is 1070. The van der Waals surface area contributed by atoms with Crippen LogP contribution in [0.4, 0.5) is 0 Å². The van der Waals surface area contributed by atoms with Crippen molar-refractivity contribution >= 4 is 11.8 Å². The number of nitrogens with zero attached hydrogens (tertiary/aromatic N) is 2. The Morgan fingerprint density at radius 2 is 1.00 bits per heavy atom. The fraction of sp³-hybridized carbons (Fsp3) is 0.611. The summed E-state index contributed by atoms with van der Waals surface area (Å²) in [7, 11) is 0. The van der Waals surface area contributed by atoms with Crippen molar-refractivity contribution in [3.8, 4) is 0 Å². The third-order valence-corrected chi connectivity index (χ3v) is 9.66. The van der Waals surface area contributed by atoms with Crippen LogP contribution >= 0.6 is 0 Å². The first-order valence-electron chi connectivity index (χ1n) is 17.0. The number of nitrogens with one attached hydrogen (secondary N) is 2. The summed E-state index contributed by atoms with van der Waals surface area (Å²) in [5.74, 6) is -0.406. The zero-order valence-corrected chi connectivity index (χ0v) is 28.2. The summed E-state index contributed by atoms with van der Waals surface area (Å²) in [5, 5.41) is 28.8. The normalized spacial score (nSPS) is 19.7. The van der Waals surface area contributed by atoms with Gasteiger partial charge >= 0.3 is 0 Å². The van der Waals surface area contributed by atoms with E-state index in [4.69, 9.17) is 11.5 Å². The van der Waals surface area contributed by atoms with Crippen molar-refractivity contribution in [2.75, 3.05) is 39.3 Å². The molecule has 0 spiro atoms. The number of carbonyl (C=O) groups excluding carboxylic acids is 2. The third kappa shape index (κ3) is 11.7. The lowest BCUT2D eigenvalue weighted by atomic mass is 9.96. The molecule has 2 amide bonds. The molecule has 3 rings (SSSR count). The van der Waals surface area contributed by atoms with Gasteiger partial charge in [0, 0.05) is 39.3 Å². The van der Waals surface area contributed by atoms with E-state index in [1.165, 1.54) is 0 Å². The minimum absolute atomic E-state index is 0.0372. The molecule has 0 bridgehead atoms. The van der Waals surface area contributed by atoms with Crippen molar-refractivity contribution in [1.29, 1.82) is 0 Å². The molecule has 256 valence electrons. The van der Waals surface area contributed by atoms with Crippen LogP contribution in [0.15, 0.2) is 60.7 Å². The van der Waals surface area contributed by atoms with E-state index < -0.39 is 36.4 Å². The van der Waals surface area contributed by atoms with E-state index >= 15 is 0 Å². The second-order valence-electron chi connectivity index (χ2n) is 13.2. The Balaban J connectivity index is 1.59. The Kier molecular flexibility index (Phi) is 15.6. The van der Waals surface area contributed by atoms with Gasteiger partial charge in [0.25, 0.3) is 0 Å². The van der Waals surface area contributed by atoms with Gasteiger partial charge in [-0.15, -0.1) is 0 Å². The van der Waals surface area contributed by atoms with E-state index in [1.807, 2.05) is 88.4 Å². The molecular formula is C36H58N6O4. The maximum atomic E-state index is 13.0. The fourth-order valence-electron chi connectivity index (χ4n) is 5.82. The topological polar surface area (TPSA) is 157 Å². The molecule has 8 atom stereocenters. The number of hydrogen-bond donors (Lipinski definition) is 6. The average Bonchev–Trinajstić information content (AvgIpc) is 3.07. The fourth-order valence-corrected chi connectivity index (χ4v) is 5.82. The van der Waals surface area contributed by atoms with Crippen molar-refractivity contribution in [2.24, 2.45) is 23.3 Å². The van der Waals surface area contributed by atoms with Crippen LogP contribution in [-0.4, -0.2) is 107 Å². The first-order valence-corrected chi connectivity index (χ1v) is 17.0. The van der Waals surface area contributed by atoms with E-state index in [9.17, 15) is 19.8 Å². The SMILES string of the molecule is CC[C@H](C)[C@H](N)C(=O)N[C@@H](Cc1ccccc1)[C@H](O)CN1CCN(C[C@@H](O)[C@H](Cc2ccccc2)NC(=O)[C@@H](N)[C@@H](C)CC)CC1. The zero-order valence-electron chi connectivity index (χ0n) is 28.2. The third-order valence-electron chi connectivity index (χ3n) is 9.66. The minimum Gasteiger partial charge on any atom is -0.390 e. The molecule has 1 heterocycles. The van der Waals surface area contributed by atoms with Crippen LogP contribution in [-0.2, 0) is 22.4 Å². The molecule has 2 aromatic rings. The number of amides is 2. The van der Waals surface area contributed by atoms with Gasteiger partial charge in [0.05, 0.1) is 36.4 Å². The number of nitrogens with two attached hydrogens (primary N) is 2. The number of hydrogen-bond acceptors (Lipinski definition) is 8. The molecule has 0 saturated carbocycles. The van der Waals surface area contributed by atoms with Crippen LogP contribution in [0.5, 0.6) is 0 Å². The molecule has 46 heavy (non-hydrogen) atoms. The summed E-state index contributed by atoms with van der Waals surface area (Å²) >= 11 is 0. The van der Waals surface area contributed by atoms with Crippen molar-refractivity contribution in [3.05, 3.63) is 71.8 Å². The molecule has 1 fully saturated rings. The number of benzene rings is 2. The Morgan fingerprint density at radius 1 is 0.674 bits per heavy atom. The molecule has 10 nitrogen and oxygen atoms in total. The quantitative estimate of drug-likeness (QED) is 0.144. The van der Waals surface area contributed by atoms with Crippen molar-refractivity contribution in [3.63, 3.8) is 0 Å². The van der Waals surface area contributed by atoms with Crippen LogP contribution in [0.25, 0.3) is 0 Å². The largest absolute Gasteiger partial charge is 0.390 e. The van der Waals surface area contributed by atoms with Gasteiger partial charge in [-0.05, 0) is 35.8 Å². The molecule has 0 aromatic heterocycles. The molecular weight excluding hydrogens is 580 g/mol. The van der Waals surface area contributed by atoms with Gasteiger partial charge in [-0.2, -0.15) is 0 Å². The standard InChI is InChI=1S/C36H58N6O4/c1-5-25(3)33(37)35(45)39-29(21-27-13-9-7-10-14-27)31(43)23-41-17-19-42(20-18-41)24-32(44)30(22-28-15-11-8-12-16-28)40-36(46)34(38)26(4)6-2/h7-16,25-26,29-34,43-44H,5-6,17-24,37-38H2,1-4H3,(H,39,45)(H,40,46)/t25-,26-,29-,30-,31+,32+,33-,34-/m0/s1. The van der Waals surface area contributed by atoms with Gasteiger partial charge in [-0.25, -0.2) is 0 Å². The molecule has 1 saturated heterocycles. The summed E-state index contributed by atoms with van der Waals surface area (Å²) in [6.07, 6.45) is 1.02. The predicted molar refractivity (Wildman–Crippen MR) is 184 cm³/mol. The van der Waals surface area contributed by atoms with Crippen LogP contribution < -0.4 is 22.1 Å². The summed E-state index contributed by atoms with van der Waals surface area (Å²) in [5.41, 5.74) is 14.5. The molecule has 2 aromatic carbocycles. The summed E-state index contributed by atoms with van der Waals surface area (Å²) in [6, 6.07) is 17.5. The molecule has 0 unspecified atom stereocenters. The number of rotatable bonds is 18. The molecule has 1 aliphatic heterocycles. The Hall–Kier alpha value is -2.86. The van der Waals surface area contributed by atoms with Crippen LogP contribution in [0.3, 0.4) is 0 Å². The molecule has 8 N–H and O–H groups in total. The lowest BCUT2D eigenvalue weighted by Crippen LogP contribution is -2.58. The molecule has 10 heteroatoms. The van der Waals surface area contributed by atoms with Gasteiger partial charge in [0.2, 0.25) is 11.8 Å². The minimum atomic E-state index is -0.786. The summed E-state index contributed by atoms with van der Waals surface area (Å²) < 4.78 is 0. The van der Waals surface area contributed by atoms with Crippen molar-refractivity contribution in [1.82, 2.24) is 20.4 Å². The van der Waals surface area contributed by atoms with Crippen LogP contribution in [0, 0.1) is 11.8 Å². The van der Waals surface area contributed by atoms with Gasteiger partial charge in [0.15, 0.2) is 0 Å². The number of aliphatic hydroxyl groups is 2. The van der Waals surface area contributed by atoms with E-state index in [0.717, 1.165) is 24.0 Å². The predicted octanol–water partition coefficient (Wildman–Crippen LogP) is 1.53. The number of piperazine rings is 1. The molecule has 1 aliphatic rings. The van der Waals surface area contributed by atoms with Gasteiger partial charge in [-0.3, -0.25) is 19.4 Å². The maximum Gasteiger partial charge on any atom is 0.237 e. The number of β-amino-alcohol motifs (C(OH)–C–C–N with tert-alkyl or cyclic N) is 2. The van der Waals surface area contributed by atoms with Gasteiger partial charge in [0.1, 0.15) is 0 Å². The van der Waals surface area contributed by atoms with E-state index in [1.54, 1.807) is 0 Å². The lowest BCUT2D eigenvalue weighted by Gasteiger charge is -2.39. The number of aliphatic hydroxyl groups excluding tert-OH is 2. The second-order valence-corrected chi connectivity index (χ2v) is 13.2. The average molecular weight is 639 g/mol. The first kappa shape index (κ1) is 37.6. The summed E-state index contributed by atoms with van der Waals surface area (Å²) in [4.78, 5) is 30.4. The number of carbonyl (C=O) groups is 2. The monoisotopic (exact) mass is 638 g/mol. The highest BCUT2D eigenvalue weighted by molar-refractivity contribution is 5.82. The lowest BCUT2D eigenvalue weighted by molar-refractivity contribution is -0.126. The highest BCUT2D eigenvalue weighted by Gasteiger charge is 2.31. The van der Waals surface area contributed by atoms with Gasteiger partial charge in [-0.1, -0.05) is 101 Å².